The summed E-state index contributed by atoms with van der Waals surface area (Å²) in [7, 11) is 0. The van der Waals surface area contributed by atoms with Gasteiger partial charge >= 0.3 is 0 Å². The maximum Gasteiger partial charge on any atom is 0.126 e. The zero-order valence-corrected chi connectivity index (χ0v) is 23.6. The van der Waals surface area contributed by atoms with Crippen molar-refractivity contribution >= 4 is 17.1 Å². The molecule has 0 atom stereocenters. The highest BCUT2D eigenvalue weighted by molar-refractivity contribution is 5.76. The minimum absolute atomic E-state index is 0.278. The molecule has 4 rings (SSSR count). The van der Waals surface area contributed by atoms with Gasteiger partial charge in [-0.1, -0.05) is 61.7 Å². The van der Waals surface area contributed by atoms with E-state index in [1.165, 1.54) is 17.7 Å². The second-order valence-electron chi connectivity index (χ2n) is 9.77. The van der Waals surface area contributed by atoms with Crippen LogP contribution in [0.5, 0.6) is 0 Å². The number of hydrogen-bond acceptors (Lipinski definition) is 5. The molecule has 0 aliphatic rings. The monoisotopic (exact) mass is 545 g/mol. The lowest BCUT2D eigenvalue weighted by atomic mass is 10.0. The smallest absolute Gasteiger partial charge is 0.126 e. The summed E-state index contributed by atoms with van der Waals surface area (Å²) in [5.74, 6) is 0.183. The number of nitrogens with two attached hydrogens (primary N) is 1. The second-order valence-corrected chi connectivity index (χ2v) is 9.77. The fourth-order valence-electron chi connectivity index (χ4n) is 4.52. The van der Waals surface area contributed by atoms with Crippen molar-refractivity contribution in [2.45, 2.75) is 26.8 Å². The average Bonchev–Trinajstić information content (AvgIpc) is 2.98. The highest BCUT2D eigenvalue weighted by atomic mass is 19.1. The molecule has 208 valence electrons. The van der Waals surface area contributed by atoms with Crippen molar-refractivity contribution in [3.8, 4) is 11.3 Å². The van der Waals surface area contributed by atoms with Gasteiger partial charge < -0.3 is 16.4 Å². The lowest BCUT2D eigenvalue weighted by Crippen LogP contribution is -2.16. The van der Waals surface area contributed by atoms with Crippen molar-refractivity contribution in [2.75, 3.05) is 17.6 Å². The molecule has 5 nitrogen and oxygen atoms in total. The Labute approximate surface area is 242 Å². The molecule has 0 aliphatic carbocycles. The molecule has 6 heteroatoms. The van der Waals surface area contributed by atoms with Crippen molar-refractivity contribution in [3.63, 3.8) is 0 Å². The van der Waals surface area contributed by atoms with Crippen LogP contribution in [0.1, 0.15) is 29.2 Å². The molecule has 41 heavy (non-hydrogen) atoms. The molecule has 2 aromatic heterocycles. The van der Waals surface area contributed by atoms with E-state index < -0.39 is 0 Å². The number of hydrogen-bond donors (Lipinski definition) is 3. The van der Waals surface area contributed by atoms with Crippen LogP contribution in [0.15, 0.2) is 122 Å². The Morgan fingerprint density at radius 2 is 1.80 bits per heavy atom. The SMILES string of the molecule is C=C/C(=C\C(=C/C)c1cnc(N)c(CC(=C)Nc2ccnc(-c3ccc(F)cc3)c2C)c1)CNCc1ccccc1. The topological polar surface area (TPSA) is 75.9 Å². The molecule has 0 fully saturated rings. The van der Waals surface area contributed by atoms with Gasteiger partial charge in [0.05, 0.1) is 5.69 Å². The maximum absolute atomic E-state index is 13.4. The summed E-state index contributed by atoms with van der Waals surface area (Å²) < 4.78 is 13.4. The zero-order chi connectivity index (χ0) is 29.2. The first-order valence-electron chi connectivity index (χ1n) is 13.5. The Balaban J connectivity index is 1.46. The van der Waals surface area contributed by atoms with Crippen LogP contribution in [0, 0.1) is 12.7 Å². The molecule has 0 amide bonds. The van der Waals surface area contributed by atoms with Gasteiger partial charge in [-0.05, 0) is 72.5 Å². The average molecular weight is 546 g/mol. The van der Waals surface area contributed by atoms with Gasteiger partial charge in [-0.15, -0.1) is 0 Å². The summed E-state index contributed by atoms with van der Waals surface area (Å²) in [4.78, 5) is 8.98. The Morgan fingerprint density at radius 1 is 1.05 bits per heavy atom. The van der Waals surface area contributed by atoms with E-state index >= 15 is 0 Å². The van der Waals surface area contributed by atoms with Crippen LogP contribution in [-0.4, -0.2) is 16.5 Å². The van der Waals surface area contributed by atoms with E-state index in [2.05, 4.69) is 64.1 Å². The van der Waals surface area contributed by atoms with E-state index in [0.29, 0.717) is 18.8 Å². The number of benzene rings is 2. The van der Waals surface area contributed by atoms with Gasteiger partial charge in [-0.25, -0.2) is 9.37 Å². The third-order valence-corrected chi connectivity index (χ3v) is 6.79. The van der Waals surface area contributed by atoms with E-state index in [9.17, 15) is 4.39 Å². The van der Waals surface area contributed by atoms with E-state index in [1.54, 1.807) is 24.5 Å². The predicted molar refractivity (Wildman–Crippen MR) is 170 cm³/mol. The van der Waals surface area contributed by atoms with Gasteiger partial charge in [-0.2, -0.15) is 0 Å². The number of pyridine rings is 2. The normalized spacial score (nSPS) is 11.8. The fourth-order valence-corrected chi connectivity index (χ4v) is 4.52. The summed E-state index contributed by atoms with van der Waals surface area (Å²) in [6.45, 7) is 13.7. The minimum atomic E-state index is -0.278. The summed E-state index contributed by atoms with van der Waals surface area (Å²) in [5.41, 5.74) is 15.7. The largest absolute Gasteiger partial charge is 0.383 e. The van der Waals surface area contributed by atoms with Crippen molar-refractivity contribution in [2.24, 2.45) is 0 Å². The molecule has 0 spiro atoms. The van der Waals surface area contributed by atoms with Gasteiger partial charge in [0.2, 0.25) is 0 Å². The number of halogens is 1. The number of anilines is 2. The molecule has 0 saturated carbocycles. The molecule has 4 N–H and O–H groups in total. The summed E-state index contributed by atoms with van der Waals surface area (Å²) in [5, 5.41) is 6.89. The van der Waals surface area contributed by atoms with Crippen LogP contribution in [-0.2, 0) is 13.0 Å². The first-order valence-corrected chi connectivity index (χ1v) is 13.5. The molecular formula is C35H36FN5. The van der Waals surface area contributed by atoms with Crippen LogP contribution < -0.4 is 16.4 Å². The Hall–Kier alpha value is -4.81. The van der Waals surface area contributed by atoms with E-state index in [4.69, 9.17) is 5.73 Å². The minimum Gasteiger partial charge on any atom is -0.383 e. The van der Waals surface area contributed by atoms with Gasteiger partial charge in [0.1, 0.15) is 11.6 Å². The van der Waals surface area contributed by atoms with Gasteiger partial charge in [-0.3, -0.25) is 4.98 Å². The van der Waals surface area contributed by atoms with E-state index in [0.717, 1.165) is 57.0 Å². The first kappa shape index (κ1) is 29.2. The molecule has 0 saturated heterocycles. The Bertz CT molecular complexity index is 1570. The van der Waals surface area contributed by atoms with Gasteiger partial charge in [0.15, 0.2) is 0 Å². The molecule has 4 aromatic rings. The lowest BCUT2D eigenvalue weighted by Gasteiger charge is -2.16. The number of nitrogens with zero attached hydrogens (tertiary/aromatic N) is 2. The van der Waals surface area contributed by atoms with Crippen molar-refractivity contribution in [1.29, 1.82) is 0 Å². The lowest BCUT2D eigenvalue weighted by molar-refractivity contribution is 0.628. The molecule has 0 radical (unpaired) electrons. The molecule has 0 unspecified atom stereocenters. The van der Waals surface area contributed by atoms with E-state index in [-0.39, 0.29) is 5.82 Å². The summed E-state index contributed by atoms with van der Waals surface area (Å²) >= 11 is 0. The van der Waals surface area contributed by atoms with Crippen LogP contribution in [0.2, 0.25) is 0 Å². The number of allylic oxidation sites excluding steroid dienone is 4. The highest BCUT2D eigenvalue weighted by Gasteiger charge is 2.11. The number of nitrogen functional groups attached to an aromatic ring is 1. The third kappa shape index (κ3) is 7.87. The second kappa shape index (κ2) is 14.0. The highest BCUT2D eigenvalue weighted by Crippen LogP contribution is 2.28. The van der Waals surface area contributed by atoms with Crippen LogP contribution in [0.3, 0.4) is 0 Å². The number of rotatable bonds is 12. The van der Waals surface area contributed by atoms with Crippen LogP contribution in [0.4, 0.5) is 15.9 Å². The third-order valence-electron chi connectivity index (χ3n) is 6.79. The molecule has 2 aromatic carbocycles. The molecule has 0 aliphatic heterocycles. The molecule has 0 bridgehead atoms. The molecular weight excluding hydrogens is 509 g/mol. The fraction of sp³-hybridized carbons (Fsp3) is 0.143. The maximum atomic E-state index is 13.4. The quantitative estimate of drug-likeness (QED) is 0.159. The zero-order valence-electron chi connectivity index (χ0n) is 23.6. The van der Waals surface area contributed by atoms with E-state index in [1.807, 2.05) is 44.2 Å². The summed E-state index contributed by atoms with van der Waals surface area (Å²) in [6, 6.07) is 20.6. The van der Waals surface area contributed by atoms with Crippen LogP contribution >= 0.6 is 0 Å². The summed E-state index contributed by atoms with van der Waals surface area (Å²) in [6.07, 6.45) is 10.1. The van der Waals surface area contributed by atoms with Crippen molar-refractivity contribution < 1.29 is 4.39 Å². The van der Waals surface area contributed by atoms with Crippen molar-refractivity contribution in [3.05, 3.63) is 150 Å². The standard InChI is InChI=1S/C35H36FN5/c1-5-26(21-38-22-27-10-8-7-9-11-27)19-28(6-2)31-20-30(35(37)40-23-31)18-24(3)41-33-16-17-39-34(25(33)4)29-12-14-32(36)15-13-29/h5-17,19-20,23,38H,1,3,18,21-22H2,2,4H3,(H2,37,40)(H,39,41)/b26-19+,28-6+. The number of nitrogens with one attached hydrogen (secondary N) is 2. The Kier molecular flexibility index (Phi) is 9.97. The Morgan fingerprint density at radius 3 is 2.51 bits per heavy atom. The first-order chi connectivity index (χ1) is 19.9. The van der Waals surface area contributed by atoms with Crippen molar-refractivity contribution in [1.82, 2.24) is 15.3 Å². The van der Waals surface area contributed by atoms with Gasteiger partial charge in [0, 0.05) is 60.0 Å². The van der Waals surface area contributed by atoms with Gasteiger partial charge in [0.25, 0.3) is 0 Å². The molecule has 2 heterocycles. The predicted octanol–water partition coefficient (Wildman–Crippen LogP) is 7.65. The van der Waals surface area contributed by atoms with Crippen LogP contribution in [0.25, 0.3) is 16.8 Å². The number of aromatic nitrogens is 2.